The fourth-order valence-electron chi connectivity index (χ4n) is 3.12. The number of aliphatic imine (C=N–C) groups is 1. The average molecular weight is 462 g/mol. The van der Waals surface area contributed by atoms with E-state index in [2.05, 4.69) is 25.6 Å². The van der Waals surface area contributed by atoms with Gasteiger partial charge in [0.2, 0.25) is 0 Å². The van der Waals surface area contributed by atoms with Crippen molar-refractivity contribution in [3.8, 4) is 11.1 Å². The number of allylic oxidation sites excluding steroid dienone is 1. The maximum absolute atomic E-state index is 12.4. The average Bonchev–Trinajstić information content (AvgIpc) is 2.77. The van der Waals surface area contributed by atoms with Crippen LogP contribution in [0.2, 0.25) is 0 Å². The number of nitrogens with two attached hydrogens (primary N) is 2. The molecule has 2 aromatic heterocycles. The third-order valence-electron chi connectivity index (χ3n) is 4.81. The van der Waals surface area contributed by atoms with Crippen LogP contribution < -0.4 is 22.1 Å². The molecule has 0 aliphatic rings. The number of aryl methyl sites for hydroxylation is 1. The van der Waals surface area contributed by atoms with E-state index in [1.165, 1.54) is 12.4 Å². The van der Waals surface area contributed by atoms with E-state index in [9.17, 15) is 14.7 Å². The van der Waals surface area contributed by atoms with Crippen LogP contribution in [0.3, 0.4) is 0 Å². The third kappa shape index (κ3) is 6.14. The number of benzene rings is 1. The Bertz CT molecular complexity index is 1290. The van der Waals surface area contributed by atoms with E-state index in [1.54, 1.807) is 32.3 Å². The van der Waals surface area contributed by atoms with Gasteiger partial charge in [-0.05, 0) is 61.5 Å². The Balaban J connectivity index is 1.77. The standard InChI is InChI=1S/C24H27N7O3/c1-14-4-5-27-11-18(14)15-6-16-8-21(29-12-19(16)20(26)7-15)31-23(33)22(32)30-17(9-25)10-28-13-24(2,3)34/h4-12,34H,13,25-26H2,1-3H3,(H,30,32)(H,29,31,33). The number of amides is 2. The predicted molar refractivity (Wildman–Crippen MR) is 133 cm³/mol. The van der Waals surface area contributed by atoms with Gasteiger partial charge in [-0.25, -0.2) is 4.98 Å². The third-order valence-corrected chi connectivity index (χ3v) is 4.81. The van der Waals surface area contributed by atoms with Crippen molar-refractivity contribution in [2.24, 2.45) is 10.7 Å². The molecule has 2 heterocycles. The monoisotopic (exact) mass is 461 g/mol. The van der Waals surface area contributed by atoms with E-state index in [4.69, 9.17) is 11.5 Å². The van der Waals surface area contributed by atoms with Crippen molar-refractivity contribution in [1.29, 1.82) is 0 Å². The van der Waals surface area contributed by atoms with Crippen molar-refractivity contribution >= 4 is 40.3 Å². The summed E-state index contributed by atoms with van der Waals surface area (Å²) in [5.41, 5.74) is 14.2. The molecule has 176 valence electrons. The number of rotatable bonds is 6. The van der Waals surface area contributed by atoms with Crippen molar-refractivity contribution in [3.05, 3.63) is 60.3 Å². The van der Waals surface area contributed by atoms with Gasteiger partial charge in [0, 0.05) is 47.6 Å². The largest absolute Gasteiger partial charge is 0.403 e. The summed E-state index contributed by atoms with van der Waals surface area (Å²) < 4.78 is 0. The molecule has 34 heavy (non-hydrogen) atoms. The molecule has 0 saturated heterocycles. The molecule has 2 amide bonds. The number of nitrogen functional groups attached to an aromatic ring is 1. The highest BCUT2D eigenvalue weighted by atomic mass is 16.3. The molecule has 10 heteroatoms. The van der Waals surface area contributed by atoms with Crippen molar-refractivity contribution in [3.63, 3.8) is 0 Å². The molecule has 0 bridgehead atoms. The van der Waals surface area contributed by atoms with Crippen LogP contribution in [0, 0.1) is 6.92 Å². The van der Waals surface area contributed by atoms with Gasteiger partial charge in [0.05, 0.1) is 17.8 Å². The molecular weight excluding hydrogens is 434 g/mol. The zero-order valence-electron chi connectivity index (χ0n) is 19.2. The Labute approximate surface area is 196 Å². The maximum atomic E-state index is 12.4. The lowest BCUT2D eigenvalue weighted by atomic mass is 9.99. The number of aliphatic hydroxyl groups is 1. The summed E-state index contributed by atoms with van der Waals surface area (Å²) in [6, 6.07) is 7.31. The zero-order valence-corrected chi connectivity index (χ0v) is 19.2. The Morgan fingerprint density at radius 3 is 2.65 bits per heavy atom. The summed E-state index contributed by atoms with van der Waals surface area (Å²) in [6.07, 6.45) is 7.38. The first-order valence-electron chi connectivity index (χ1n) is 10.4. The first-order chi connectivity index (χ1) is 16.1. The van der Waals surface area contributed by atoms with E-state index in [0.717, 1.165) is 28.3 Å². The van der Waals surface area contributed by atoms with E-state index < -0.39 is 17.4 Å². The van der Waals surface area contributed by atoms with E-state index in [1.807, 2.05) is 25.1 Å². The summed E-state index contributed by atoms with van der Waals surface area (Å²) in [5.74, 6) is -1.71. The van der Waals surface area contributed by atoms with Gasteiger partial charge in [-0.15, -0.1) is 0 Å². The number of carbonyl (C=O) groups excluding carboxylic acids is 2. The number of pyridine rings is 2. The number of aromatic nitrogens is 2. The topological polar surface area (TPSA) is 169 Å². The number of nitrogens with one attached hydrogen (secondary N) is 2. The van der Waals surface area contributed by atoms with Gasteiger partial charge in [-0.3, -0.25) is 19.6 Å². The lowest BCUT2D eigenvalue weighted by Crippen LogP contribution is -2.36. The number of nitrogens with zero attached hydrogens (tertiary/aromatic N) is 3. The number of anilines is 2. The number of carbonyl (C=O) groups is 2. The minimum absolute atomic E-state index is 0.0943. The Morgan fingerprint density at radius 2 is 1.97 bits per heavy atom. The van der Waals surface area contributed by atoms with E-state index in [-0.39, 0.29) is 18.1 Å². The van der Waals surface area contributed by atoms with Crippen LogP contribution in [0.1, 0.15) is 19.4 Å². The molecule has 0 aliphatic carbocycles. The summed E-state index contributed by atoms with van der Waals surface area (Å²) in [7, 11) is 0. The zero-order chi connectivity index (χ0) is 24.9. The molecular formula is C24H27N7O3. The SMILES string of the molecule is Cc1ccncc1-c1cc(N)c2cnc(NC(=O)C(=O)NC(C=NCC(C)(C)O)=CN)cc2c1. The quantitative estimate of drug-likeness (QED) is 0.212. The van der Waals surface area contributed by atoms with Crippen LogP contribution in [-0.2, 0) is 9.59 Å². The molecule has 3 rings (SSSR count). The fraction of sp³-hybridized carbons (Fsp3) is 0.208. The summed E-state index contributed by atoms with van der Waals surface area (Å²) in [5, 5.41) is 16.0. The molecule has 10 nitrogen and oxygen atoms in total. The second kappa shape index (κ2) is 10.1. The van der Waals surface area contributed by atoms with Gasteiger partial charge < -0.3 is 27.2 Å². The summed E-state index contributed by atoms with van der Waals surface area (Å²) in [6.45, 7) is 5.26. The highest BCUT2D eigenvalue weighted by Gasteiger charge is 2.16. The molecule has 0 spiro atoms. The number of fused-ring (bicyclic) bond motifs is 1. The lowest BCUT2D eigenvalue weighted by Gasteiger charge is -2.13. The normalized spacial score (nSPS) is 12.2. The highest BCUT2D eigenvalue weighted by Crippen LogP contribution is 2.31. The van der Waals surface area contributed by atoms with Crippen LogP contribution in [0.5, 0.6) is 0 Å². The molecule has 0 fully saturated rings. The Morgan fingerprint density at radius 1 is 1.21 bits per heavy atom. The smallest absolute Gasteiger partial charge is 0.315 e. The van der Waals surface area contributed by atoms with Crippen LogP contribution in [-0.4, -0.2) is 45.2 Å². The molecule has 0 radical (unpaired) electrons. The molecule has 0 unspecified atom stereocenters. The van der Waals surface area contributed by atoms with Crippen molar-refractivity contribution < 1.29 is 14.7 Å². The van der Waals surface area contributed by atoms with E-state index in [0.29, 0.717) is 11.1 Å². The van der Waals surface area contributed by atoms with Crippen LogP contribution in [0.4, 0.5) is 11.5 Å². The van der Waals surface area contributed by atoms with Gasteiger partial charge in [0.25, 0.3) is 0 Å². The van der Waals surface area contributed by atoms with Crippen molar-refractivity contribution in [1.82, 2.24) is 15.3 Å². The van der Waals surface area contributed by atoms with E-state index >= 15 is 0 Å². The predicted octanol–water partition coefficient (Wildman–Crippen LogP) is 1.88. The lowest BCUT2D eigenvalue weighted by molar-refractivity contribution is -0.135. The minimum Gasteiger partial charge on any atom is -0.403 e. The summed E-state index contributed by atoms with van der Waals surface area (Å²) in [4.78, 5) is 37.0. The second-order valence-corrected chi connectivity index (χ2v) is 8.36. The van der Waals surface area contributed by atoms with Crippen LogP contribution in [0.25, 0.3) is 21.9 Å². The van der Waals surface area contributed by atoms with Crippen LogP contribution in [0.15, 0.2) is 59.7 Å². The molecule has 0 saturated carbocycles. The van der Waals surface area contributed by atoms with Crippen molar-refractivity contribution in [2.75, 3.05) is 17.6 Å². The highest BCUT2D eigenvalue weighted by molar-refractivity contribution is 6.40. The van der Waals surface area contributed by atoms with Gasteiger partial charge in [-0.2, -0.15) is 0 Å². The first-order valence-corrected chi connectivity index (χ1v) is 10.4. The van der Waals surface area contributed by atoms with Crippen LogP contribution >= 0.6 is 0 Å². The Hall–Kier alpha value is -4.31. The first kappa shape index (κ1) is 24.3. The Kier molecular flexibility index (Phi) is 7.22. The van der Waals surface area contributed by atoms with Gasteiger partial charge in [0.15, 0.2) is 0 Å². The maximum Gasteiger partial charge on any atom is 0.315 e. The number of hydrogen-bond donors (Lipinski definition) is 5. The van der Waals surface area contributed by atoms with Gasteiger partial charge >= 0.3 is 11.8 Å². The molecule has 0 aliphatic heterocycles. The summed E-state index contributed by atoms with van der Waals surface area (Å²) >= 11 is 0. The second-order valence-electron chi connectivity index (χ2n) is 8.36. The van der Waals surface area contributed by atoms with Gasteiger partial charge in [-0.1, -0.05) is 0 Å². The molecule has 7 N–H and O–H groups in total. The molecule has 0 atom stereocenters. The van der Waals surface area contributed by atoms with Crippen molar-refractivity contribution in [2.45, 2.75) is 26.4 Å². The molecule has 3 aromatic rings. The fourth-order valence-corrected chi connectivity index (χ4v) is 3.12. The molecule has 1 aromatic carbocycles. The van der Waals surface area contributed by atoms with Gasteiger partial charge in [0.1, 0.15) is 5.82 Å². The number of hydrogen-bond acceptors (Lipinski definition) is 8. The minimum atomic E-state index is -1.02.